The number of ether oxygens (including phenoxy) is 1. The van der Waals surface area contributed by atoms with Gasteiger partial charge in [-0.2, -0.15) is 5.10 Å². The molecule has 3 N–H and O–H groups in total. The minimum Gasteiger partial charge on any atom is -0.485 e. The molecule has 0 aliphatic carbocycles. The molecule has 1 fully saturated rings. The van der Waals surface area contributed by atoms with Crippen LogP contribution in [-0.4, -0.2) is 39.5 Å². The van der Waals surface area contributed by atoms with Crippen LogP contribution in [0.4, 0.5) is 4.39 Å². The maximum absolute atomic E-state index is 13.7. The normalized spacial score (nSPS) is 15.2. The van der Waals surface area contributed by atoms with Crippen LogP contribution >= 0.6 is 0 Å². The van der Waals surface area contributed by atoms with Gasteiger partial charge in [0.15, 0.2) is 11.6 Å². The van der Waals surface area contributed by atoms with E-state index in [1.54, 1.807) is 6.07 Å². The summed E-state index contributed by atoms with van der Waals surface area (Å²) in [4.78, 5) is 4.06. The van der Waals surface area contributed by atoms with Crippen LogP contribution in [0.2, 0.25) is 0 Å². The summed E-state index contributed by atoms with van der Waals surface area (Å²) in [6.45, 7) is 3.04. The van der Waals surface area contributed by atoms with Gasteiger partial charge in [0.1, 0.15) is 6.10 Å². The fourth-order valence-electron chi connectivity index (χ4n) is 2.11. The Morgan fingerprint density at radius 2 is 2.30 bits per heavy atom. The monoisotopic (exact) mass is 278 g/mol. The van der Waals surface area contributed by atoms with Crippen LogP contribution in [-0.2, 0) is 6.61 Å². The lowest BCUT2D eigenvalue weighted by Crippen LogP contribution is -2.50. The molecule has 0 aromatic carbocycles. The van der Waals surface area contributed by atoms with Crippen molar-refractivity contribution in [3.8, 4) is 17.0 Å². The molecular weight excluding hydrogens is 263 g/mol. The Hall–Kier alpha value is -1.99. The van der Waals surface area contributed by atoms with Gasteiger partial charge in [0.2, 0.25) is 0 Å². The zero-order valence-electron chi connectivity index (χ0n) is 11.0. The fourth-order valence-corrected chi connectivity index (χ4v) is 2.11. The molecule has 7 heteroatoms. The number of hydrogen-bond donors (Lipinski definition) is 3. The molecule has 0 amide bonds. The minimum absolute atomic E-state index is 0.0116. The predicted molar refractivity (Wildman–Crippen MR) is 69.7 cm³/mol. The third-order valence-electron chi connectivity index (χ3n) is 3.29. The SMILES string of the molecule is Cc1[nH]nc(CO)c1-c1cc(OC2CNC2)c(F)cn1. The molecule has 0 bridgehead atoms. The second-order valence-electron chi connectivity index (χ2n) is 4.73. The molecule has 20 heavy (non-hydrogen) atoms. The first-order chi connectivity index (χ1) is 9.69. The van der Waals surface area contributed by atoms with Crippen molar-refractivity contribution in [3.63, 3.8) is 0 Å². The van der Waals surface area contributed by atoms with E-state index < -0.39 is 5.82 Å². The van der Waals surface area contributed by atoms with Crippen molar-refractivity contribution in [3.05, 3.63) is 29.5 Å². The Morgan fingerprint density at radius 3 is 2.95 bits per heavy atom. The molecule has 0 spiro atoms. The minimum atomic E-state index is -0.493. The van der Waals surface area contributed by atoms with Crippen LogP contribution in [0.5, 0.6) is 5.75 Å². The summed E-state index contributed by atoms with van der Waals surface area (Å²) in [7, 11) is 0. The van der Waals surface area contributed by atoms with Crippen molar-refractivity contribution in [1.82, 2.24) is 20.5 Å². The smallest absolute Gasteiger partial charge is 0.183 e. The van der Waals surface area contributed by atoms with Gasteiger partial charge in [-0.3, -0.25) is 10.1 Å². The first-order valence-corrected chi connectivity index (χ1v) is 6.37. The maximum atomic E-state index is 13.7. The molecule has 3 heterocycles. The van der Waals surface area contributed by atoms with Crippen LogP contribution in [0.3, 0.4) is 0 Å². The Bertz CT molecular complexity index is 625. The lowest BCUT2D eigenvalue weighted by Gasteiger charge is -2.28. The van der Waals surface area contributed by atoms with Crippen molar-refractivity contribution >= 4 is 0 Å². The van der Waals surface area contributed by atoms with Crippen molar-refractivity contribution in [2.24, 2.45) is 0 Å². The average Bonchev–Trinajstić information content (AvgIpc) is 2.77. The van der Waals surface area contributed by atoms with Gasteiger partial charge in [-0.1, -0.05) is 0 Å². The Labute approximate surface area is 115 Å². The van der Waals surface area contributed by atoms with Crippen molar-refractivity contribution in [2.45, 2.75) is 19.6 Å². The molecule has 0 unspecified atom stereocenters. The number of H-pyrrole nitrogens is 1. The Morgan fingerprint density at radius 1 is 1.50 bits per heavy atom. The first-order valence-electron chi connectivity index (χ1n) is 6.37. The molecule has 1 aliphatic heterocycles. The number of aromatic amines is 1. The highest BCUT2D eigenvalue weighted by Gasteiger charge is 2.21. The molecule has 6 nitrogen and oxygen atoms in total. The van der Waals surface area contributed by atoms with E-state index >= 15 is 0 Å². The molecular formula is C13H15FN4O2. The molecule has 0 atom stereocenters. The van der Waals surface area contributed by atoms with E-state index in [0.29, 0.717) is 30.0 Å². The summed E-state index contributed by atoms with van der Waals surface area (Å²) in [5, 5.41) is 19.1. The van der Waals surface area contributed by atoms with E-state index in [1.807, 2.05) is 6.92 Å². The number of rotatable bonds is 4. The van der Waals surface area contributed by atoms with Gasteiger partial charge in [0.05, 0.1) is 24.2 Å². The van der Waals surface area contributed by atoms with E-state index in [4.69, 9.17) is 4.74 Å². The average molecular weight is 278 g/mol. The number of nitrogens with zero attached hydrogens (tertiary/aromatic N) is 2. The van der Waals surface area contributed by atoms with Crippen LogP contribution in [0.25, 0.3) is 11.3 Å². The molecule has 0 saturated carbocycles. The molecule has 0 radical (unpaired) electrons. The summed E-state index contributed by atoms with van der Waals surface area (Å²) < 4.78 is 19.3. The Balaban J connectivity index is 1.97. The van der Waals surface area contributed by atoms with E-state index in [1.165, 1.54) is 0 Å². The summed E-state index contributed by atoms with van der Waals surface area (Å²) in [6.07, 6.45) is 1.12. The van der Waals surface area contributed by atoms with Gasteiger partial charge in [-0.25, -0.2) is 4.39 Å². The molecule has 106 valence electrons. The predicted octanol–water partition coefficient (Wildman–Crippen LogP) is 0.762. The van der Waals surface area contributed by atoms with Gasteiger partial charge >= 0.3 is 0 Å². The quantitative estimate of drug-likeness (QED) is 0.769. The summed E-state index contributed by atoms with van der Waals surface area (Å²) >= 11 is 0. The van der Waals surface area contributed by atoms with Gasteiger partial charge < -0.3 is 15.2 Å². The molecule has 3 rings (SSSR count). The first kappa shape index (κ1) is 13.0. The highest BCUT2D eigenvalue weighted by atomic mass is 19.1. The van der Waals surface area contributed by atoms with Crippen LogP contribution in [0.15, 0.2) is 12.3 Å². The molecule has 2 aromatic rings. The van der Waals surface area contributed by atoms with E-state index in [0.717, 1.165) is 11.9 Å². The van der Waals surface area contributed by atoms with Crippen molar-refractivity contribution in [1.29, 1.82) is 0 Å². The van der Waals surface area contributed by atoms with Gasteiger partial charge in [-0.05, 0) is 6.92 Å². The van der Waals surface area contributed by atoms with Crippen molar-refractivity contribution < 1.29 is 14.2 Å². The largest absolute Gasteiger partial charge is 0.485 e. The number of pyridine rings is 1. The second-order valence-corrected chi connectivity index (χ2v) is 4.73. The lowest BCUT2D eigenvalue weighted by atomic mass is 10.1. The van der Waals surface area contributed by atoms with Gasteiger partial charge in [0.25, 0.3) is 0 Å². The zero-order valence-corrected chi connectivity index (χ0v) is 11.0. The molecule has 2 aromatic heterocycles. The van der Waals surface area contributed by atoms with Crippen LogP contribution in [0, 0.1) is 12.7 Å². The van der Waals surface area contributed by atoms with Crippen LogP contribution in [0.1, 0.15) is 11.4 Å². The zero-order chi connectivity index (χ0) is 14.1. The highest BCUT2D eigenvalue weighted by molar-refractivity contribution is 5.65. The number of hydrogen-bond acceptors (Lipinski definition) is 5. The number of aliphatic hydroxyl groups excluding tert-OH is 1. The standard InChI is InChI=1S/C13H15FN4O2/c1-7-13(11(6-19)18-17-7)10-2-12(9(14)5-16-10)20-8-3-15-4-8/h2,5,8,15,19H,3-4,6H2,1H3,(H,17,18). The Kier molecular flexibility index (Phi) is 3.37. The second kappa shape index (κ2) is 5.18. The summed E-state index contributed by atoms with van der Waals surface area (Å²) in [5.41, 5.74) is 2.47. The fraction of sp³-hybridized carbons (Fsp3) is 0.385. The van der Waals surface area contributed by atoms with Gasteiger partial charge in [0, 0.05) is 30.4 Å². The molecule has 1 aliphatic rings. The maximum Gasteiger partial charge on any atom is 0.183 e. The highest BCUT2D eigenvalue weighted by Crippen LogP contribution is 2.29. The van der Waals surface area contributed by atoms with E-state index in [9.17, 15) is 9.50 Å². The number of nitrogens with one attached hydrogen (secondary N) is 2. The summed E-state index contributed by atoms with van der Waals surface area (Å²) in [6, 6.07) is 1.55. The van der Waals surface area contributed by atoms with E-state index in [-0.39, 0.29) is 18.5 Å². The molecule has 1 saturated heterocycles. The third kappa shape index (κ3) is 2.25. The topological polar surface area (TPSA) is 83.1 Å². The number of aliphatic hydroxyl groups is 1. The van der Waals surface area contributed by atoms with Crippen LogP contribution < -0.4 is 10.1 Å². The number of aryl methyl sites for hydroxylation is 1. The number of halogens is 1. The number of aromatic nitrogens is 3. The lowest BCUT2D eigenvalue weighted by molar-refractivity contribution is 0.136. The van der Waals surface area contributed by atoms with Gasteiger partial charge in [-0.15, -0.1) is 0 Å². The van der Waals surface area contributed by atoms with E-state index in [2.05, 4.69) is 20.5 Å². The van der Waals surface area contributed by atoms with Crippen molar-refractivity contribution in [2.75, 3.05) is 13.1 Å². The summed E-state index contributed by atoms with van der Waals surface area (Å²) in [5.74, 6) is -0.321. The third-order valence-corrected chi connectivity index (χ3v) is 3.29.